The van der Waals surface area contributed by atoms with Gasteiger partial charge in [-0.3, -0.25) is 9.59 Å². The fourth-order valence-corrected chi connectivity index (χ4v) is 4.82. The molecule has 2 saturated heterocycles. The first-order chi connectivity index (χ1) is 17.2. The van der Waals surface area contributed by atoms with Crippen LogP contribution < -0.4 is 15.5 Å². The second kappa shape index (κ2) is 10.7. The van der Waals surface area contributed by atoms with E-state index in [1.165, 1.54) is 5.56 Å². The van der Waals surface area contributed by atoms with Crippen molar-refractivity contribution < 1.29 is 9.59 Å². The van der Waals surface area contributed by atoms with Crippen LogP contribution in [-0.4, -0.2) is 65.7 Å². The van der Waals surface area contributed by atoms with Gasteiger partial charge in [-0.05, 0) is 43.0 Å². The molecule has 1 atom stereocenters. The van der Waals surface area contributed by atoms with Crippen LogP contribution in [0.3, 0.4) is 0 Å². The third-order valence-corrected chi connectivity index (χ3v) is 6.65. The zero-order chi connectivity index (χ0) is 24.0. The van der Waals surface area contributed by atoms with Crippen molar-refractivity contribution in [3.8, 4) is 0 Å². The van der Waals surface area contributed by atoms with Gasteiger partial charge in [-0.1, -0.05) is 48.5 Å². The maximum absolute atomic E-state index is 13.1. The number of carbonyl (C=O) groups excluding carboxylic acids is 2. The largest absolute Gasteiger partial charge is 0.350 e. The first-order valence-corrected chi connectivity index (χ1v) is 12.2. The van der Waals surface area contributed by atoms with Gasteiger partial charge in [-0.15, -0.1) is 10.2 Å². The minimum absolute atomic E-state index is 0.164. The van der Waals surface area contributed by atoms with E-state index >= 15 is 0 Å². The predicted octanol–water partition coefficient (Wildman–Crippen LogP) is 2.99. The molecule has 2 aliphatic rings. The SMILES string of the molecule is O=C(Nc1cc(C(=O)N2CCNCC2)nnc1N1CCCC1Cc1ccccc1)c1ccccc1. The molecule has 3 heterocycles. The molecule has 0 spiro atoms. The van der Waals surface area contributed by atoms with Crippen LogP contribution in [0.25, 0.3) is 0 Å². The Morgan fingerprint density at radius 3 is 2.40 bits per heavy atom. The number of rotatable bonds is 6. The lowest BCUT2D eigenvalue weighted by Crippen LogP contribution is -2.46. The standard InChI is InChI=1S/C27H30N6O2/c34-26(21-10-5-2-6-11-21)29-23-19-24(27(35)32-16-13-28-14-17-32)30-31-25(23)33-15-7-12-22(33)18-20-8-3-1-4-9-20/h1-6,8-11,19,22,28H,7,12-18H2,(H,29,30,34). The molecule has 2 aromatic carbocycles. The molecule has 5 rings (SSSR count). The number of benzene rings is 2. The lowest BCUT2D eigenvalue weighted by Gasteiger charge is -2.29. The van der Waals surface area contributed by atoms with E-state index in [-0.39, 0.29) is 23.6 Å². The molecule has 35 heavy (non-hydrogen) atoms. The number of carbonyl (C=O) groups is 2. The van der Waals surface area contributed by atoms with Gasteiger partial charge in [-0.25, -0.2) is 0 Å². The van der Waals surface area contributed by atoms with E-state index in [0.717, 1.165) is 38.9 Å². The molecule has 0 radical (unpaired) electrons. The van der Waals surface area contributed by atoms with Gasteiger partial charge >= 0.3 is 0 Å². The average Bonchev–Trinajstić information content (AvgIpc) is 3.37. The Hall–Kier alpha value is -3.78. The second-order valence-electron chi connectivity index (χ2n) is 9.01. The molecular formula is C27H30N6O2. The van der Waals surface area contributed by atoms with Crippen molar-refractivity contribution >= 4 is 23.3 Å². The molecule has 1 unspecified atom stereocenters. The van der Waals surface area contributed by atoms with E-state index in [1.54, 1.807) is 23.1 Å². The summed E-state index contributed by atoms with van der Waals surface area (Å²) in [5.41, 5.74) is 2.58. The Kier molecular flexibility index (Phi) is 6.99. The maximum Gasteiger partial charge on any atom is 0.274 e. The van der Waals surface area contributed by atoms with Gasteiger partial charge in [0.05, 0.1) is 5.69 Å². The van der Waals surface area contributed by atoms with Crippen LogP contribution in [0.2, 0.25) is 0 Å². The van der Waals surface area contributed by atoms with Gasteiger partial charge in [0.2, 0.25) is 0 Å². The van der Waals surface area contributed by atoms with E-state index in [9.17, 15) is 9.59 Å². The minimum Gasteiger partial charge on any atom is -0.350 e. The van der Waals surface area contributed by atoms with Crippen molar-refractivity contribution in [2.45, 2.75) is 25.3 Å². The summed E-state index contributed by atoms with van der Waals surface area (Å²) in [4.78, 5) is 30.2. The highest BCUT2D eigenvalue weighted by molar-refractivity contribution is 6.06. The molecule has 2 aliphatic heterocycles. The summed E-state index contributed by atoms with van der Waals surface area (Å²) < 4.78 is 0. The van der Waals surface area contributed by atoms with E-state index < -0.39 is 0 Å². The number of hydrogen-bond acceptors (Lipinski definition) is 6. The number of hydrogen-bond donors (Lipinski definition) is 2. The van der Waals surface area contributed by atoms with Crippen LogP contribution in [-0.2, 0) is 6.42 Å². The van der Waals surface area contributed by atoms with E-state index in [0.29, 0.717) is 30.2 Å². The lowest BCUT2D eigenvalue weighted by atomic mass is 10.0. The summed E-state index contributed by atoms with van der Waals surface area (Å²) in [7, 11) is 0. The Balaban J connectivity index is 1.45. The van der Waals surface area contributed by atoms with E-state index in [2.05, 4.69) is 50.0 Å². The lowest BCUT2D eigenvalue weighted by molar-refractivity contribution is 0.0728. The Morgan fingerprint density at radius 2 is 1.66 bits per heavy atom. The van der Waals surface area contributed by atoms with Crippen LogP contribution in [0.1, 0.15) is 39.3 Å². The molecule has 2 amide bonds. The van der Waals surface area contributed by atoms with Gasteiger partial charge in [0.1, 0.15) is 0 Å². The monoisotopic (exact) mass is 470 g/mol. The predicted molar refractivity (Wildman–Crippen MR) is 136 cm³/mol. The quantitative estimate of drug-likeness (QED) is 0.576. The van der Waals surface area contributed by atoms with Crippen LogP contribution in [0, 0.1) is 0 Å². The fourth-order valence-electron chi connectivity index (χ4n) is 4.82. The second-order valence-corrected chi connectivity index (χ2v) is 9.01. The van der Waals surface area contributed by atoms with Crippen molar-refractivity contribution in [1.29, 1.82) is 0 Å². The van der Waals surface area contributed by atoms with Crippen molar-refractivity contribution in [3.05, 3.63) is 83.6 Å². The van der Waals surface area contributed by atoms with Gasteiger partial charge in [0.15, 0.2) is 11.5 Å². The summed E-state index contributed by atoms with van der Waals surface area (Å²) in [6.07, 6.45) is 2.95. The van der Waals surface area contributed by atoms with Crippen molar-refractivity contribution in [2.75, 3.05) is 42.9 Å². The third kappa shape index (κ3) is 5.33. The molecule has 180 valence electrons. The number of aromatic nitrogens is 2. The van der Waals surface area contributed by atoms with Gasteiger partial charge < -0.3 is 20.4 Å². The first-order valence-electron chi connectivity index (χ1n) is 12.2. The Labute approximate surface area is 205 Å². The Bertz CT molecular complexity index is 1160. The number of amides is 2. The molecule has 3 aromatic rings. The summed E-state index contributed by atoms with van der Waals surface area (Å²) in [6.45, 7) is 3.58. The van der Waals surface area contributed by atoms with Crippen LogP contribution >= 0.6 is 0 Å². The summed E-state index contributed by atoms with van der Waals surface area (Å²) in [5.74, 6) is 0.215. The fraction of sp³-hybridized carbons (Fsp3) is 0.333. The summed E-state index contributed by atoms with van der Waals surface area (Å²) in [5, 5.41) is 15.1. The highest BCUT2D eigenvalue weighted by atomic mass is 16.2. The van der Waals surface area contributed by atoms with Gasteiger partial charge in [-0.2, -0.15) is 0 Å². The first kappa shape index (κ1) is 23.0. The van der Waals surface area contributed by atoms with Crippen LogP contribution in [0.4, 0.5) is 11.5 Å². The topological polar surface area (TPSA) is 90.5 Å². The third-order valence-electron chi connectivity index (χ3n) is 6.65. The molecule has 0 aliphatic carbocycles. The molecular weight excluding hydrogens is 440 g/mol. The summed E-state index contributed by atoms with van der Waals surface area (Å²) >= 11 is 0. The van der Waals surface area contributed by atoms with Gasteiger partial charge in [0, 0.05) is 44.3 Å². The molecule has 0 bridgehead atoms. The molecule has 8 nitrogen and oxygen atoms in total. The molecule has 1 aromatic heterocycles. The number of nitrogens with zero attached hydrogens (tertiary/aromatic N) is 4. The molecule has 2 N–H and O–H groups in total. The van der Waals surface area contributed by atoms with Crippen molar-refractivity contribution in [2.24, 2.45) is 0 Å². The highest BCUT2D eigenvalue weighted by Crippen LogP contribution is 2.32. The van der Waals surface area contributed by atoms with Crippen LogP contribution in [0.5, 0.6) is 0 Å². The van der Waals surface area contributed by atoms with Crippen LogP contribution in [0.15, 0.2) is 66.7 Å². The minimum atomic E-state index is -0.237. The highest BCUT2D eigenvalue weighted by Gasteiger charge is 2.30. The summed E-state index contributed by atoms with van der Waals surface area (Å²) in [6, 6.07) is 21.4. The molecule has 2 fully saturated rings. The smallest absolute Gasteiger partial charge is 0.274 e. The van der Waals surface area contributed by atoms with Crippen molar-refractivity contribution in [3.63, 3.8) is 0 Å². The molecule has 8 heteroatoms. The maximum atomic E-state index is 13.1. The number of nitrogens with one attached hydrogen (secondary N) is 2. The molecule has 0 saturated carbocycles. The average molecular weight is 471 g/mol. The number of anilines is 2. The van der Waals surface area contributed by atoms with E-state index in [1.807, 2.05) is 24.3 Å². The van der Waals surface area contributed by atoms with E-state index in [4.69, 9.17) is 0 Å². The Morgan fingerprint density at radius 1 is 0.943 bits per heavy atom. The normalized spacial score (nSPS) is 17.9. The van der Waals surface area contributed by atoms with Crippen molar-refractivity contribution in [1.82, 2.24) is 20.4 Å². The number of piperazine rings is 1. The zero-order valence-electron chi connectivity index (χ0n) is 19.7. The zero-order valence-corrected chi connectivity index (χ0v) is 19.7. The van der Waals surface area contributed by atoms with Gasteiger partial charge in [0.25, 0.3) is 11.8 Å².